The summed E-state index contributed by atoms with van der Waals surface area (Å²) in [6.45, 7) is 0. The summed E-state index contributed by atoms with van der Waals surface area (Å²) in [6.07, 6.45) is 0.984. The number of benzene rings is 1. The molecule has 0 aliphatic carbocycles. The zero-order valence-corrected chi connectivity index (χ0v) is 8.27. The molecule has 1 aliphatic heterocycles. The van der Waals surface area contributed by atoms with Gasteiger partial charge in [-0.1, -0.05) is 6.07 Å². The highest BCUT2D eigenvalue weighted by molar-refractivity contribution is 5.78. The molecule has 84 valence electrons. The molecule has 1 aliphatic rings. The quantitative estimate of drug-likeness (QED) is 0.613. The summed E-state index contributed by atoms with van der Waals surface area (Å²) in [5.41, 5.74) is 0.0117. The number of amides is 1. The fourth-order valence-electron chi connectivity index (χ4n) is 1.75. The lowest BCUT2D eigenvalue weighted by Gasteiger charge is -2.09. The van der Waals surface area contributed by atoms with Crippen molar-refractivity contribution < 1.29 is 14.1 Å². The Morgan fingerprint density at radius 2 is 2.25 bits per heavy atom. The van der Waals surface area contributed by atoms with Crippen LogP contribution in [-0.2, 0) is 4.79 Å². The summed E-state index contributed by atoms with van der Waals surface area (Å²) in [7, 11) is 0. The summed E-state index contributed by atoms with van der Waals surface area (Å²) in [6, 6.07) is 3.44. The van der Waals surface area contributed by atoms with Crippen LogP contribution >= 0.6 is 0 Å². The van der Waals surface area contributed by atoms with Crippen LogP contribution in [0.4, 0.5) is 10.1 Å². The lowest BCUT2D eigenvalue weighted by molar-refractivity contribution is -0.387. The Morgan fingerprint density at radius 3 is 2.81 bits per heavy atom. The van der Waals surface area contributed by atoms with Gasteiger partial charge in [0, 0.05) is 12.5 Å². The molecule has 0 saturated carbocycles. The van der Waals surface area contributed by atoms with Crippen LogP contribution in [0.2, 0.25) is 0 Å². The molecule has 1 heterocycles. The van der Waals surface area contributed by atoms with Crippen LogP contribution in [0.3, 0.4) is 0 Å². The second-order valence-electron chi connectivity index (χ2n) is 3.63. The van der Waals surface area contributed by atoms with Crippen molar-refractivity contribution >= 4 is 11.6 Å². The Kier molecular flexibility index (Phi) is 2.55. The number of nitro benzene ring substituents is 1. The van der Waals surface area contributed by atoms with E-state index in [2.05, 4.69) is 5.32 Å². The van der Waals surface area contributed by atoms with Gasteiger partial charge in [-0.2, -0.15) is 4.39 Å². The van der Waals surface area contributed by atoms with E-state index in [1.54, 1.807) is 0 Å². The van der Waals surface area contributed by atoms with Gasteiger partial charge in [-0.15, -0.1) is 0 Å². The van der Waals surface area contributed by atoms with Gasteiger partial charge in [0.15, 0.2) is 0 Å². The van der Waals surface area contributed by atoms with Gasteiger partial charge in [-0.25, -0.2) is 0 Å². The Hall–Kier alpha value is -1.98. The van der Waals surface area contributed by atoms with Crippen molar-refractivity contribution in [2.75, 3.05) is 0 Å². The normalized spacial score (nSPS) is 19.6. The van der Waals surface area contributed by atoms with Gasteiger partial charge in [-0.05, 0) is 18.1 Å². The number of hydrogen-bond acceptors (Lipinski definition) is 3. The number of nitro groups is 1. The lowest BCUT2D eigenvalue weighted by atomic mass is 10.0. The van der Waals surface area contributed by atoms with Gasteiger partial charge in [-0.3, -0.25) is 14.9 Å². The minimum atomic E-state index is -0.863. The predicted molar refractivity (Wildman–Crippen MR) is 53.2 cm³/mol. The van der Waals surface area contributed by atoms with Gasteiger partial charge in [0.25, 0.3) is 0 Å². The molecule has 0 bridgehead atoms. The summed E-state index contributed by atoms with van der Waals surface area (Å²) >= 11 is 0. The highest BCUT2D eigenvalue weighted by atomic mass is 19.1. The number of rotatable bonds is 2. The second kappa shape index (κ2) is 3.88. The fraction of sp³-hybridized carbons (Fsp3) is 0.300. The minimum absolute atomic E-state index is 0.0861. The van der Waals surface area contributed by atoms with Crippen LogP contribution in [0.15, 0.2) is 18.2 Å². The van der Waals surface area contributed by atoms with Crippen LogP contribution in [0, 0.1) is 15.9 Å². The van der Waals surface area contributed by atoms with Crippen molar-refractivity contribution in [2.24, 2.45) is 0 Å². The van der Waals surface area contributed by atoms with E-state index >= 15 is 0 Å². The zero-order valence-electron chi connectivity index (χ0n) is 8.27. The van der Waals surface area contributed by atoms with Crippen LogP contribution in [0.25, 0.3) is 0 Å². The molecule has 0 spiro atoms. The van der Waals surface area contributed by atoms with Crippen molar-refractivity contribution in [2.45, 2.75) is 18.9 Å². The van der Waals surface area contributed by atoms with E-state index in [9.17, 15) is 19.3 Å². The summed E-state index contributed by atoms with van der Waals surface area (Å²) in [5.74, 6) is -0.949. The third-order valence-electron chi connectivity index (χ3n) is 2.56. The molecule has 0 aromatic heterocycles. The molecule has 5 nitrogen and oxygen atoms in total. The summed E-state index contributed by atoms with van der Waals surface area (Å²) < 4.78 is 13.1. The van der Waals surface area contributed by atoms with Crippen molar-refractivity contribution in [1.82, 2.24) is 5.32 Å². The molecule has 6 heteroatoms. The standard InChI is InChI=1S/C10H9FN2O3/c11-7-2-1-6(5-9(7)13(15)16)8-3-4-10(14)12-8/h1-2,5,8H,3-4H2,(H,12,14). The number of hydrogen-bond donors (Lipinski definition) is 1. The third kappa shape index (κ3) is 1.86. The molecular formula is C10H9FN2O3. The van der Waals surface area contributed by atoms with E-state index in [0.29, 0.717) is 18.4 Å². The molecule has 0 radical (unpaired) electrons. The average molecular weight is 224 g/mol. The molecule has 1 N–H and O–H groups in total. The topological polar surface area (TPSA) is 72.2 Å². The fourth-order valence-corrected chi connectivity index (χ4v) is 1.75. The molecular weight excluding hydrogens is 215 g/mol. The number of nitrogens with one attached hydrogen (secondary N) is 1. The SMILES string of the molecule is O=C1CCC(c2ccc(F)c([N+](=O)[O-])c2)N1. The van der Waals surface area contributed by atoms with Crippen molar-refractivity contribution in [3.63, 3.8) is 0 Å². The van der Waals surface area contributed by atoms with Crippen LogP contribution < -0.4 is 5.32 Å². The lowest BCUT2D eigenvalue weighted by Crippen LogP contribution is -2.18. The van der Waals surface area contributed by atoms with E-state index in [1.807, 2.05) is 0 Å². The smallest absolute Gasteiger partial charge is 0.305 e. The summed E-state index contributed by atoms with van der Waals surface area (Å²) in [5, 5.41) is 13.2. The van der Waals surface area contributed by atoms with Crippen molar-refractivity contribution in [1.29, 1.82) is 0 Å². The summed E-state index contributed by atoms with van der Waals surface area (Å²) in [4.78, 5) is 20.8. The van der Waals surface area contributed by atoms with E-state index < -0.39 is 16.4 Å². The number of carbonyl (C=O) groups is 1. The maximum atomic E-state index is 13.1. The van der Waals surface area contributed by atoms with Gasteiger partial charge >= 0.3 is 5.69 Å². The van der Waals surface area contributed by atoms with Gasteiger partial charge < -0.3 is 5.32 Å². The van der Waals surface area contributed by atoms with Gasteiger partial charge in [0.05, 0.1) is 11.0 Å². The van der Waals surface area contributed by atoms with Crippen molar-refractivity contribution in [3.8, 4) is 0 Å². The van der Waals surface area contributed by atoms with Gasteiger partial charge in [0.1, 0.15) is 0 Å². The number of nitrogens with zero attached hydrogens (tertiary/aromatic N) is 1. The molecule has 1 fully saturated rings. The molecule has 16 heavy (non-hydrogen) atoms. The number of carbonyl (C=O) groups excluding carboxylic acids is 1. The van der Waals surface area contributed by atoms with E-state index in [4.69, 9.17) is 0 Å². The molecule has 1 aromatic carbocycles. The third-order valence-corrected chi connectivity index (χ3v) is 2.56. The first-order valence-corrected chi connectivity index (χ1v) is 4.81. The molecule has 1 saturated heterocycles. The Morgan fingerprint density at radius 1 is 1.50 bits per heavy atom. The molecule has 1 aromatic rings. The monoisotopic (exact) mass is 224 g/mol. The molecule has 2 rings (SSSR count). The Labute approximate surface area is 90.4 Å². The largest absolute Gasteiger partial charge is 0.349 e. The predicted octanol–water partition coefficient (Wildman–Crippen LogP) is 1.68. The molecule has 1 amide bonds. The highest BCUT2D eigenvalue weighted by Gasteiger charge is 2.25. The zero-order chi connectivity index (χ0) is 11.7. The maximum Gasteiger partial charge on any atom is 0.305 e. The van der Waals surface area contributed by atoms with E-state index in [-0.39, 0.29) is 11.9 Å². The van der Waals surface area contributed by atoms with E-state index in [1.165, 1.54) is 12.1 Å². The first-order chi connectivity index (χ1) is 7.58. The van der Waals surface area contributed by atoms with Crippen LogP contribution in [0.1, 0.15) is 24.4 Å². The first kappa shape index (κ1) is 10.5. The average Bonchev–Trinajstić information content (AvgIpc) is 2.65. The highest BCUT2D eigenvalue weighted by Crippen LogP contribution is 2.27. The van der Waals surface area contributed by atoms with Crippen LogP contribution in [0.5, 0.6) is 0 Å². The number of halogens is 1. The second-order valence-corrected chi connectivity index (χ2v) is 3.63. The Balaban J connectivity index is 2.32. The molecule has 1 unspecified atom stereocenters. The first-order valence-electron chi connectivity index (χ1n) is 4.81. The van der Waals surface area contributed by atoms with Crippen LogP contribution in [-0.4, -0.2) is 10.8 Å². The Bertz CT molecular complexity index is 461. The van der Waals surface area contributed by atoms with E-state index in [0.717, 1.165) is 6.07 Å². The van der Waals surface area contributed by atoms with Crippen molar-refractivity contribution in [3.05, 3.63) is 39.7 Å². The minimum Gasteiger partial charge on any atom is -0.349 e. The maximum absolute atomic E-state index is 13.1. The van der Waals surface area contributed by atoms with Gasteiger partial charge in [0.2, 0.25) is 11.7 Å². The molecule has 1 atom stereocenters.